The van der Waals surface area contributed by atoms with Gasteiger partial charge in [-0.3, -0.25) is 4.90 Å². The molecule has 162 valence electrons. The molecule has 0 aliphatic heterocycles. The number of imidazole rings is 1. The largest absolute Gasteiger partial charge is 0.382 e. The van der Waals surface area contributed by atoms with Gasteiger partial charge in [0.1, 0.15) is 17.9 Å². The first kappa shape index (κ1) is 21.1. The number of nitrogens with two attached hydrogens (primary N) is 2. The maximum absolute atomic E-state index is 12.2. The van der Waals surface area contributed by atoms with Crippen molar-refractivity contribution in [1.82, 2.24) is 14.5 Å². The Labute approximate surface area is 184 Å². The number of primary amides is 1. The average molecular weight is 429 g/mol. The van der Waals surface area contributed by atoms with Gasteiger partial charge in [0.05, 0.1) is 22.7 Å². The molecule has 0 atom stereocenters. The summed E-state index contributed by atoms with van der Waals surface area (Å²) in [7, 11) is 0. The smallest absolute Gasteiger partial charge is 0.319 e. The fourth-order valence-electron chi connectivity index (χ4n) is 3.76. The highest BCUT2D eigenvalue weighted by Gasteiger charge is 2.19. The van der Waals surface area contributed by atoms with Crippen LogP contribution in [0.1, 0.15) is 18.3 Å². The predicted octanol–water partition coefficient (Wildman–Crippen LogP) is 3.16. The van der Waals surface area contributed by atoms with Gasteiger partial charge < -0.3 is 20.8 Å². The SMILES string of the molecule is CCOCc1nc2c(N)nc3ccccc3c2n1CCN(C(N)=O)c1cccc(C#N)c1. The topological polar surface area (TPSA) is 136 Å². The molecule has 2 aromatic carbocycles. The Balaban J connectivity index is 1.79. The van der Waals surface area contributed by atoms with E-state index in [0.717, 1.165) is 16.4 Å². The molecule has 2 heterocycles. The van der Waals surface area contributed by atoms with Crippen LogP contribution >= 0.6 is 0 Å². The lowest BCUT2D eigenvalue weighted by molar-refractivity contribution is 0.126. The van der Waals surface area contributed by atoms with Crippen molar-refractivity contribution in [3.8, 4) is 6.07 Å². The van der Waals surface area contributed by atoms with E-state index in [4.69, 9.17) is 21.2 Å². The molecule has 0 aliphatic rings. The molecule has 0 fully saturated rings. The third kappa shape index (κ3) is 3.91. The number of nitrogen functional groups attached to an aromatic ring is 1. The number of urea groups is 1. The second kappa shape index (κ2) is 8.91. The average Bonchev–Trinajstić information content (AvgIpc) is 3.17. The fourth-order valence-corrected chi connectivity index (χ4v) is 3.76. The molecule has 0 unspecified atom stereocenters. The standard InChI is InChI=1S/C23H23N7O2/c1-2-32-14-19-28-20-21(17-8-3-4-9-18(17)27-22(20)25)30(19)11-10-29(23(26)31)16-7-5-6-15(12-16)13-24/h3-9,12H,2,10-11,14H2,1H3,(H2,25,27)(H2,26,31). The highest BCUT2D eigenvalue weighted by atomic mass is 16.5. The molecular formula is C23H23N7O2. The number of anilines is 2. The van der Waals surface area contributed by atoms with Crippen LogP contribution in [-0.2, 0) is 17.9 Å². The highest BCUT2D eigenvalue weighted by Crippen LogP contribution is 2.29. The first-order valence-electron chi connectivity index (χ1n) is 10.2. The number of pyridine rings is 1. The zero-order valence-corrected chi connectivity index (χ0v) is 17.7. The summed E-state index contributed by atoms with van der Waals surface area (Å²) in [5.74, 6) is 1.02. The van der Waals surface area contributed by atoms with Crippen LogP contribution in [0.15, 0.2) is 48.5 Å². The molecule has 2 amide bonds. The van der Waals surface area contributed by atoms with Gasteiger partial charge in [0.15, 0.2) is 5.82 Å². The molecule has 9 heteroatoms. The quantitative estimate of drug-likeness (QED) is 0.463. The molecule has 4 N–H and O–H groups in total. The predicted molar refractivity (Wildman–Crippen MR) is 123 cm³/mol. The Bertz CT molecular complexity index is 1340. The van der Waals surface area contributed by atoms with Crippen LogP contribution in [0.25, 0.3) is 21.9 Å². The third-order valence-corrected chi connectivity index (χ3v) is 5.22. The van der Waals surface area contributed by atoms with E-state index in [9.17, 15) is 10.1 Å². The number of para-hydroxylation sites is 1. The van der Waals surface area contributed by atoms with Crippen molar-refractivity contribution >= 4 is 39.5 Å². The van der Waals surface area contributed by atoms with Gasteiger partial charge in [0.2, 0.25) is 0 Å². The van der Waals surface area contributed by atoms with Crippen molar-refractivity contribution in [1.29, 1.82) is 5.26 Å². The number of nitriles is 1. The molecule has 9 nitrogen and oxygen atoms in total. The molecule has 4 rings (SSSR count). The summed E-state index contributed by atoms with van der Waals surface area (Å²) >= 11 is 0. The Morgan fingerprint density at radius 3 is 2.78 bits per heavy atom. The molecule has 2 aromatic heterocycles. The van der Waals surface area contributed by atoms with Crippen molar-refractivity contribution < 1.29 is 9.53 Å². The first-order valence-corrected chi connectivity index (χ1v) is 10.2. The summed E-state index contributed by atoms with van der Waals surface area (Å²) in [5, 5.41) is 10.1. The summed E-state index contributed by atoms with van der Waals surface area (Å²) in [4.78, 5) is 22.8. The van der Waals surface area contributed by atoms with Gasteiger partial charge in [0.25, 0.3) is 0 Å². The van der Waals surface area contributed by atoms with Crippen molar-refractivity contribution in [2.24, 2.45) is 5.73 Å². The maximum Gasteiger partial charge on any atom is 0.319 e. The Hall–Kier alpha value is -4.16. The lowest BCUT2D eigenvalue weighted by Gasteiger charge is -2.22. The number of fused-ring (bicyclic) bond motifs is 3. The van der Waals surface area contributed by atoms with E-state index in [1.54, 1.807) is 24.3 Å². The molecule has 4 aromatic rings. The first-order chi connectivity index (χ1) is 15.5. The number of nitrogens with zero attached hydrogens (tertiary/aromatic N) is 5. The Kier molecular flexibility index (Phi) is 5.87. The van der Waals surface area contributed by atoms with Crippen LogP contribution in [0.3, 0.4) is 0 Å². The number of carbonyl (C=O) groups is 1. The summed E-state index contributed by atoms with van der Waals surface area (Å²) in [5.41, 5.74) is 15.1. The number of hydrogen-bond acceptors (Lipinski definition) is 6. The number of aromatic nitrogens is 3. The zero-order chi connectivity index (χ0) is 22.7. The zero-order valence-electron chi connectivity index (χ0n) is 17.7. The van der Waals surface area contributed by atoms with Gasteiger partial charge in [-0.2, -0.15) is 5.26 Å². The van der Waals surface area contributed by atoms with Gasteiger partial charge in [-0.05, 0) is 31.2 Å². The van der Waals surface area contributed by atoms with E-state index in [-0.39, 0.29) is 6.54 Å². The van der Waals surface area contributed by atoms with Crippen LogP contribution in [0.2, 0.25) is 0 Å². The molecule has 0 saturated heterocycles. The second-order valence-corrected chi connectivity index (χ2v) is 7.18. The van der Waals surface area contributed by atoms with Gasteiger partial charge in [-0.15, -0.1) is 0 Å². The number of hydrogen-bond donors (Lipinski definition) is 2. The lowest BCUT2D eigenvalue weighted by Crippen LogP contribution is -2.38. The maximum atomic E-state index is 12.2. The van der Waals surface area contributed by atoms with Crippen LogP contribution in [0, 0.1) is 11.3 Å². The summed E-state index contributed by atoms with van der Waals surface area (Å²) in [6.45, 7) is 3.40. The van der Waals surface area contributed by atoms with Crippen molar-refractivity contribution in [3.05, 3.63) is 59.9 Å². The van der Waals surface area contributed by atoms with E-state index < -0.39 is 6.03 Å². The molecule has 0 aliphatic carbocycles. The van der Waals surface area contributed by atoms with Crippen molar-refractivity contribution in [2.75, 3.05) is 23.8 Å². The lowest BCUT2D eigenvalue weighted by atomic mass is 10.2. The monoisotopic (exact) mass is 429 g/mol. The highest BCUT2D eigenvalue weighted by molar-refractivity contribution is 6.06. The number of carbonyl (C=O) groups excluding carboxylic acids is 1. The fraction of sp³-hybridized carbons (Fsp3) is 0.217. The Morgan fingerprint density at radius 2 is 2.03 bits per heavy atom. The van der Waals surface area contributed by atoms with E-state index >= 15 is 0 Å². The molecule has 0 radical (unpaired) electrons. The molecule has 0 saturated carbocycles. The van der Waals surface area contributed by atoms with Crippen molar-refractivity contribution in [2.45, 2.75) is 20.1 Å². The van der Waals surface area contributed by atoms with Gasteiger partial charge in [-0.1, -0.05) is 24.3 Å². The number of ether oxygens (including phenoxy) is 1. The summed E-state index contributed by atoms with van der Waals surface area (Å²) < 4.78 is 7.62. The number of amides is 2. The van der Waals surface area contributed by atoms with Crippen molar-refractivity contribution in [3.63, 3.8) is 0 Å². The summed E-state index contributed by atoms with van der Waals surface area (Å²) in [6, 6.07) is 15.9. The minimum Gasteiger partial charge on any atom is -0.382 e. The van der Waals surface area contributed by atoms with Crippen LogP contribution in [-0.4, -0.2) is 33.7 Å². The van der Waals surface area contributed by atoms with Gasteiger partial charge >= 0.3 is 6.03 Å². The molecular weight excluding hydrogens is 406 g/mol. The normalized spacial score (nSPS) is 11.0. The molecule has 0 bridgehead atoms. The van der Waals surface area contributed by atoms with Crippen LogP contribution < -0.4 is 16.4 Å². The van der Waals surface area contributed by atoms with E-state index in [1.165, 1.54) is 4.90 Å². The number of rotatable bonds is 7. The second-order valence-electron chi connectivity index (χ2n) is 7.18. The van der Waals surface area contributed by atoms with E-state index in [2.05, 4.69) is 11.1 Å². The van der Waals surface area contributed by atoms with E-state index in [1.807, 2.05) is 35.8 Å². The molecule has 32 heavy (non-hydrogen) atoms. The molecule has 0 spiro atoms. The van der Waals surface area contributed by atoms with E-state index in [0.29, 0.717) is 48.2 Å². The minimum absolute atomic E-state index is 0.269. The van der Waals surface area contributed by atoms with Gasteiger partial charge in [0, 0.05) is 30.8 Å². The summed E-state index contributed by atoms with van der Waals surface area (Å²) in [6.07, 6.45) is 0. The minimum atomic E-state index is -0.609. The number of benzene rings is 2. The van der Waals surface area contributed by atoms with Crippen LogP contribution in [0.5, 0.6) is 0 Å². The van der Waals surface area contributed by atoms with Gasteiger partial charge in [-0.25, -0.2) is 14.8 Å². The third-order valence-electron chi connectivity index (χ3n) is 5.22. The van der Waals surface area contributed by atoms with Crippen LogP contribution in [0.4, 0.5) is 16.3 Å². The Morgan fingerprint density at radius 1 is 1.22 bits per heavy atom.